The minimum atomic E-state index is 0.412. The molecule has 24 heavy (non-hydrogen) atoms. The van der Waals surface area contributed by atoms with E-state index in [1.807, 2.05) is 0 Å². The molecule has 3 aromatic carbocycles. The van der Waals surface area contributed by atoms with Gasteiger partial charge in [0.25, 0.3) is 0 Å². The van der Waals surface area contributed by atoms with Gasteiger partial charge in [0.05, 0.1) is 0 Å². The van der Waals surface area contributed by atoms with Gasteiger partial charge in [-0.1, -0.05) is 78.9 Å². The van der Waals surface area contributed by atoms with Crippen LogP contribution in [0, 0.1) is 0 Å². The minimum absolute atomic E-state index is 0.412. The zero-order chi connectivity index (χ0) is 16.2. The third-order valence-electron chi connectivity index (χ3n) is 4.65. The van der Waals surface area contributed by atoms with Gasteiger partial charge in [0, 0.05) is 17.8 Å². The molecule has 0 aliphatic carbocycles. The third kappa shape index (κ3) is 3.11. The van der Waals surface area contributed by atoms with Crippen LogP contribution >= 0.6 is 0 Å². The first-order valence-electron chi connectivity index (χ1n) is 8.53. The predicted octanol–water partition coefficient (Wildman–Crippen LogP) is 5.67. The van der Waals surface area contributed by atoms with Crippen LogP contribution in [-0.4, -0.2) is 4.57 Å². The summed E-state index contributed by atoms with van der Waals surface area (Å²) in [7, 11) is 0. The van der Waals surface area contributed by atoms with E-state index in [4.69, 9.17) is 0 Å². The zero-order valence-corrected chi connectivity index (χ0v) is 13.7. The molecule has 0 radical (unpaired) electrons. The van der Waals surface area contributed by atoms with Gasteiger partial charge in [0.15, 0.2) is 0 Å². The smallest absolute Gasteiger partial charge is 0.0483 e. The van der Waals surface area contributed by atoms with Crippen molar-refractivity contribution in [3.63, 3.8) is 0 Å². The Kier molecular flexibility index (Phi) is 4.16. The molecule has 0 bridgehead atoms. The van der Waals surface area contributed by atoms with Crippen LogP contribution in [0.1, 0.15) is 17.2 Å². The molecule has 0 atom stereocenters. The van der Waals surface area contributed by atoms with Crippen molar-refractivity contribution in [1.29, 1.82) is 0 Å². The molecule has 1 heterocycles. The monoisotopic (exact) mass is 311 g/mol. The summed E-state index contributed by atoms with van der Waals surface area (Å²) in [4.78, 5) is 0. The fourth-order valence-corrected chi connectivity index (χ4v) is 3.46. The largest absolute Gasteiger partial charge is 0.344 e. The van der Waals surface area contributed by atoms with Gasteiger partial charge in [0.1, 0.15) is 0 Å². The van der Waals surface area contributed by atoms with E-state index < -0.39 is 0 Å². The Morgan fingerprint density at radius 1 is 0.583 bits per heavy atom. The summed E-state index contributed by atoms with van der Waals surface area (Å²) in [5.41, 5.74) is 4.08. The van der Waals surface area contributed by atoms with Crippen molar-refractivity contribution in [1.82, 2.24) is 4.57 Å². The molecule has 0 fully saturated rings. The van der Waals surface area contributed by atoms with Crippen LogP contribution in [0.25, 0.3) is 10.9 Å². The van der Waals surface area contributed by atoms with E-state index in [-0.39, 0.29) is 0 Å². The van der Waals surface area contributed by atoms with E-state index >= 15 is 0 Å². The van der Waals surface area contributed by atoms with E-state index in [0.29, 0.717) is 6.04 Å². The summed E-state index contributed by atoms with van der Waals surface area (Å²) in [6.07, 6.45) is 4.31. The zero-order valence-electron chi connectivity index (χ0n) is 13.7. The van der Waals surface area contributed by atoms with Crippen LogP contribution < -0.4 is 0 Å². The van der Waals surface area contributed by atoms with Crippen LogP contribution in [0.2, 0.25) is 0 Å². The highest BCUT2D eigenvalue weighted by Gasteiger charge is 2.14. The molecular formula is C23H21N. The fraction of sp³-hybridized carbons (Fsp3) is 0.130. The van der Waals surface area contributed by atoms with Crippen LogP contribution in [0.5, 0.6) is 0 Å². The van der Waals surface area contributed by atoms with E-state index in [2.05, 4.69) is 102 Å². The molecule has 0 aliphatic heterocycles. The topological polar surface area (TPSA) is 4.93 Å². The Labute approximate surface area is 143 Å². The lowest BCUT2D eigenvalue weighted by Crippen LogP contribution is -2.14. The van der Waals surface area contributed by atoms with E-state index in [1.165, 1.54) is 22.0 Å². The minimum Gasteiger partial charge on any atom is -0.344 e. The number of nitrogens with zero attached hydrogens (tertiary/aromatic N) is 1. The maximum atomic E-state index is 2.44. The van der Waals surface area contributed by atoms with Crippen molar-refractivity contribution in [2.45, 2.75) is 18.9 Å². The summed E-state index contributed by atoms with van der Waals surface area (Å²) in [6, 6.07) is 32.9. The van der Waals surface area contributed by atoms with Gasteiger partial charge in [-0.2, -0.15) is 0 Å². The fourth-order valence-electron chi connectivity index (χ4n) is 3.46. The number of benzene rings is 3. The summed E-state index contributed by atoms with van der Waals surface area (Å²) in [5.74, 6) is 0. The molecule has 0 aliphatic rings. The van der Waals surface area contributed by atoms with Crippen LogP contribution in [-0.2, 0) is 12.8 Å². The highest BCUT2D eigenvalue weighted by Crippen LogP contribution is 2.25. The van der Waals surface area contributed by atoms with Crippen molar-refractivity contribution in [3.05, 3.63) is 108 Å². The van der Waals surface area contributed by atoms with Crippen molar-refractivity contribution in [3.8, 4) is 0 Å². The lowest BCUT2D eigenvalue weighted by Gasteiger charge is -2.21. The van der Waals surface area contributed by atoms with Crippen molar-refractivity contribution in [2.75, 3.05) is 0 Å². The first-order valence-corrected chi connectivity index (χ1v) is 8.53. The number of fused-ring (bicyclic) bond motifs is 1. The highest BCUT2D eigenvalue weighted by molar-refractivity contribution is 5.80. The van der Waals surface area contributed by atoms with E-state index in [1.54, 1.807) is 0 Å². The SMILES string of the molecule is c1ccc(CC(Cc2ccccc2)n2ccc3ccccc32)cc1. The van der Waals surface area contributed by atoms with E-state index in [0.717, 1.165) is 12.8 Å². The summed E-state index contributed by atoms with van der Waals surface area (Å²) in [6.45, 7) is 0. The number of rotatable bonds is 5. The molecule has 1 aromatic heterocycles. The number of hydrogen-bond acceptors (Lipinski definition) is 0. The lowest BCUT2D eigenvalue weighted by atomic mass is 9.98. The molecule has 118 valence electrons. The highest BCUT2D eigenvalue weighted by atomic mass is 15.0. The second kappa shape index (κ2) is 6.76. The molecule has 0 spiro atoms. The maximum Gasteiger partial charge on any atom is 0.0483 e. The second-order valence-electron chi connectivity index (χ2n) is 6.32. The Hall–Kier alpha value is -2.80. The van der Waals surface area contributed by atoms with Gasteiger partial charge in [-0.05, 0) is 41.5 Å². The molecule has 1 nitrogen and oxygen atoms in total. The number of para-hydroxylation sites is 1. The molecule has 0 unspecified atom stereocenters. The maximum absolute atomic E-state index is 2.44. The first kappa shape index (κ1) is 14.8. The van der Waals surface area contributed by atoms with Gasteiger partial charge in [-0.15, -0.1) is 0 Å². The van der Waals surface area contributed by atoms with Crippen LogP contribution in [0.4, 0.5) is 0 Å². The predicted molar refractivity (Wildman–Crippen MR) is 101 cm³/mol. The van der Waals surface area contributed by atoms with Gasteiger partial charge < -0.3 is 4.57 Å². The Morgan fingerprint density at radius 2 is 1.12 bits per heavy atom. The summed E-state index contributed by atoms with van der Waals surface area (Å²) < 4.78 is 2.44. The molecule has 0 N–H and O–H groups in total. The van der Waals surface area contributed by atoms with Gasteiger partial charge >= 0.3 is 0 Å². The summed E-state index contributed by atoms with van der Waals surface area (Å²) in [5, 5.41) is 1.31. The van der Waals surface area contributed by atoms with Gasteiger partial charge in [-0.3, -0.25) is 0 Å². The lowest BCUT2D eigenvalue weighted by molar-refractivity contribution is 0.511. The normalized spacial score (nSPS) is 11.2. The molecule has 0 saturated heterocycles. The van der Waals surface area contributed by atoms with E-state index in [9.17, 15) is 0 Å². The number of hydrogen-bond donors (Lipinski definition) is 0. The molecule has 1 heteroatoms. The number of aromatic nitrogens is 1. The standard InChI is InChI=1S/C23H21N/c1-3-9-19(10-4-1)17-22(18-20-11-5-2-6-12-20)24-16-15-21-13-7-8-14-23(21)24/h1-16,22H,17-18H2. The Bertz CT molecular complexity index is 865. The molecular weight excluding hydrogens is 290 g/mol. The van der Waals surface area contributed by atoms with Gasteiger partial charge in [0.2, 0.25) is 0 Å². The quantitative estimate of drug-likeness (QED) is 0.447. The third-order valence-corrected chi connectivity index (χ3v) is 4.65. The van der Waals surface area contributed by atoms with Gasteiger partial charge in [-0.25, -0.2) is 0 Å². The average Bonchev–Trinajstić information content (AvgIpc) is 3.07. The van der Waals surface area contributed by atoms with Crippen molar-refractivity contribution < 1.29 is 0 Å². The first-order chi connectivity index (χ1) is 11.9. The molecule has 0 saturated carbocycles. The Balaban J connectivity index is 1.72. The molecule has 0 amide bonds. The molecule has 4 aromatic rings. The van der Waals surface area contributed by atoms with Crippen molar-refractivity contribution in [2.24, 2.45) is 0 Å². The van der Waals surface area contributed by atoms with Crippen LogP contribution in [0.3, 0.4) is 0 Å². The second-order valence-corrected chi connectivity index (χ2v) is 6.32. The Morgan fingerprint density at radius 3 is 1.75 bits per heavy atom. The van der Waals surface area contributed by atoms with Crippen molar-refractivity contribution >= 4 is 10.9 Å². The summed E-state index contributed by atoms with van der Waals surface area (Å²) >= 11 is 0. The van der Waals surface area contributed by atoms with Crippen LogP contribution in [0.15, 0.2) is 97.2 Å². The molecule has 4 rings (SSSR count). The average molecular weight is 311 g/mol.